The van der Waals surface area contributed by atoms with E-state index in [1.54, 1.807) is 13.2 Å². The van der Waals surface area contributed by atoms with Crippen LogP contribution in [0.15, 0.2) is 18.2 Å². The Hall–Kier alpha value is -1.46. The van der Waals surface area contributed by atoms with E-state index in [-0.39, 0.29) is 5.60 Å². The van der Waals surface area contributed by atoms with Crippen molar-refractivity contribution in [1.29, 1.82) is 0 Å². The summed E-state index contributed by atoms with van der Waals surface area (Å²) in [6.45, 7) is 2.01. The summed E-state index contributed by atoms with van der Waals surface area (Å²) < 4.78 is 6.07. The Labute approximate surface area is 125 Å². The highest BCUT2D eigenvalue weighted by atomic mass is 16.5. The molecule has 0 radical (unpaired) electrons. The fourth-order valence-corrected chi connectivity index (χ4v) is 4.30. The van der Waals surface area contributed by atoms with Gasteiger partial charge in [-0.05, 0) is 32.0 Å². The van der Waals surface area contributed by atoms with E-state index in [0.29, 0.717) is 17.5 Å². The minimum Gasteiger partial charge on any atom is -0.371 e. The number of amides is 1. The first-order chi connectivity index (χ1) is 10.1. The molecule has 0 spiro atoms. The van der Waals surface area contributed by atoms with Crippen molar-refractivity contribution in [3.63, 3.8) is 0 Å². The summed E-state index contributed by atoms with van der Waals surface area (Å²) in [7, 11) is 3.94. The standard InChI is InChI=1S/C16H23N3O2/c1-19-9-11-5-3-6-12(10-19)16(11,21-2)14-8-4-7-13(18-14)15(17)20/h4,7-8,11-12H,3,5-6,9-10H2,1-2H3,(H2,17,20)/t11-,12+,16?. The third-order valence-corrected chi connectivity index (χ3v) is 5.12. The second-order valence-corrected chi connectivity index (χ2v) is 6.32. The fraction of sp³-hybridized carbons (Fsp3) is 0.625. The Balaban J connectivity index is 2.07. The monoisotopic (exact) mass is 289 g/mol. The van der Waals surface area contributed by atoms with E-state index in [0.717, 1.165) is 31.6 Å². The molecule has 3 atom stereocenters. The molecule has 1 aliphatic carbocycles. The summed E-state index contributed by atoms with van der Waals surface area (Å²) in [4.78, 5) is 18.3. The van der Waals surface area contributed by atoms with Crippen LogP contribution in [0.5, 0.6) is 0 Å². The minimum atomic E-state index is -0.485. The number of pyridine rings is 1. The number of carbonyl (C=O) groups excluding carboxylic acids is 1. The zero-order chi connectivity index (χ0) is 15.0. The Bertz CT molecular complexity index is 532. The molecule has 1 unspecified atom stereocenters. The van der Waals surface area contributed by atoms with Gasteiger partial charge in [0, 0.05) is 32.0 Å². The number of ether oxygens (including phenoxy) is 1. The van der Waals surface area contributed by atoms with Gasteiger partial charge in [0.2, 0.25) is 0 Å². The van der Waals surface area contributed by atoms with Crippen molar-refractivity contribution in [3.05, 3.63) is 29.6 Å². The number of hydrogen-bond donors (Lipinski definition) is 1. The maximum atomic E-state index is 11.4. The van der Waals surface area contributed by atoms with Gasteiger partial charge in [-0.1, -0.05) is 12.5 Å². The molecule has 3 rings (SSSR count). The number of likely N-dealkylation sites (tertiary alicyclic amines) is 1. The van der Waals surface area contributed by atoms with Crippen LogP contribution in [0.2, 0.25) is 0 Å². The van der Waals surface area contributed by atoms with E-state index >= 15 is 0 Å². The summed E-state index contributed by atoms with van der Waals surface area (Å²) in [6.07, 6.45) is 3.51. The SMILES string of the molecule is COC1(c2cccc(C(N)=O)n2)[C@@H]2CCC[C@H]1CN(C)C2. The van der Waals surface area contributed by atoms with E-state index in [9.17, 15) is 4.79 Å². The Morgan fingerprint density at radius 3 is 2.62 bits per heavy atom. The molecule has 5 nitrogen and oxygen atoms in total. The van der Waals surface area contributed by atoms with Gasteiger partial charge in [0.25, 0.3) is 5.91 Å². The van der Waals surface area contributed by atoms with Gasteiger partial charge in [-0.25, -0.2) is 4.98 Å². The van der Waals surface area contributed by atoms with Gasteiger partial charge in [-0.15, -0.1) is 0 Å². The molecule has 21 heavy (non-hydrogen) atoms. The first kappa shape index (κ1) is 14.5. The van der Waals surface area contributed by atoms with Gasteiger partial charge in [0.05, 0.1) is 5.69 Å². The van der Waals surface area contributed by atoms with Crippen molar-refractivity contribution in [2.45, 2.75) is 24.9 Å². The predicted octanol–water partition coefficient (Wildman–Crippen LogP) is 1.38. The second-order valence-electron chi connectivity index (χ2n) is 6.32. The van der Waals surface area contributed by atoms with Gasteiger partial charge in [0.1, 0.15) is 11.3 Å². The van der Waals surface area contributed by atoms with Gasteiger partial charge < -0.3 is 15.4 Å². The number of primary amides is 1. The lowest BCUT2D eigenvalue weighted by molar-refractivity contribution is -0.168. The second kappa shape index (κ2) is 5.39. The summed E-state index contributed by atoms with van der Waals surface area (Å²) >= 11 is 0. The van der Waals surface area contributed by atoms with Crippen LogP contribution >= 0.6 is 0 Å². The van der Waals surface area contributed by atoms with E-state index in [4.69, 9.17) is 10.5 Å². The zero-order valence-electron chi connectivity index (χ0n) is 12.7. The van der Waals surface area contributed by atoms with Crippen LogP contribution in [0, 0.1) is 11.8 Å². The van der Waals surface area contributed by atoms with Crippen LogP contribution in [-0.4, -0.2) is 43.0 Å². The number of nitrogens with zero attached hydrogens (tertiary/aromatic N) is 2. The number of rotatable bonds is 3. The van der Waals surface area contributed by atoms with Crippen LogP contribution < -0.4 is 5.73 Å². The summed E-state index contributed by atoms with van der Waals surface area (Å²) in [5, 5.41) is 0. The molecule has 0 aromatic carbocycles. The van der Waals surface area contributed by atoms with Crippen molar-refractivity contribution in [2.24, 2.45) is 17.6 Å². The van der Waals surface area contributed by atoms with Crippen molar-refractivity contribution in [3.8, 4) is 0 Å². The predicted molar refractivity (Wildman–Crippen MR) is 79.8 cm³/mol. The summed E-state index contributed by atoms with van der Waals surface area (Å²) in [6, 6.07) is 5.50. The molecule has 2 heterocycles. The number of piperidine rings is 1. The van der Waals surface area contributed by atoms with Crippen LogP contribution in [0.25, 0.3) is 0 Å². The molecule has 1 aromatic rings. The Morgan fingerprint density at radius 2 is 2.05 bits per heavy atom. The van der Waals surface area contributed by atoms with Gasteiger partial charge in [-0.3, -0.25) is 4.79 Å². The third-order valence-electron chi connectivity index (χ3n) is 5.12. The quantitative estimate of drug-likeness (QED) is 0.913. The fourth-order valence-electron chi connectivity index (χ4n) is 4.30. The molecule has 1 aromatic heterocycles. The van der Waals surface area contributed by atoms with Gasteiger partial charge in [0.15, 0.2) is 0 Å². The molecule has 2 aliphatic rings. The average molecular weight is 289 g/mol. The summed E-state index contributed by atoms with van der Waals surface area (Å²) in [5.41, 5.74) is 6.19. The van der Waals surface area contributed by atoms with Crippen molar-refractivity contribution in [1.82, 2.24) is 9.88 Å². The molecule has 5 heteroatoms. The highest BCUT2D eigenvalue weighted by Gasteiger charge is 2.53. The number of methoxy groups -OCH3 is 1. The van der Waals surface area contributed by atoms with E-state index in [2.05, 4.69) is 16.9 Å². The Kier molecular flexibility index (Phi) is 3.71. The smallest absolute Gasteiger partial charge is 0.267 e. The number of aromatic nitrogens is 1. The molecular formula is C16H23N3O2. The maximum Gasteiger partial charge on any atom is 0.267 e. The minimum absolute atomic E-state index is 0.320. The topological polar surface area (TPSA) is 68.5 Å². The third kappa shape index (κ3) is 2.24. The Morgan fingerprint density at radius 1 is 1.38 bits per heavy atom. The van der Waals surface area contributed by atoms with Crippen molar-refractivity contribution >= 4 is 5.91 Å². The van der Waals surface area contributed by atoms with E-state index in [1.165, 1.54) is 6.42 Å². The van der Waals surface area contributed by atoms with Gasteiger partial charge >= 0.3 is 0 Å². The highest BCUT2D eigenvalue weighted by molar-refractivity contribution is 5.90. The lowest BCUT2D eigenvalue weighted by Crippen LogP contribution is -2.58. The molecule has 2 bridgehead atoms. The molecule has 114 valence electrons. The van der Waals surface area contributed by atoms with Crippen LogP contribution in [0.3, 0.4) is 0 Å². The number of nitrogens with two attached hydrogens (primary N) is 1. The average Bonchev–Trinajstić information content (AvgIpc) is 2.46. The normalized spacial score (nSPS) is 32.9. The number of fused-ring (bicyclic) bond motifs is 2. The first-order valence-corrected chi connectivity index (χ1v) is 7.59. The molecule has 1 saturated carbocycles. The number of carbonyl (C=O) groups is 1. The lowest BCUT2D eigenvalue weighted by Gasteiger charge is -2.54. The molecule has 1 saturated heterocycles. The zero-order valence-corrected chi connectivity index (χ0v) is 12.7. The van der Waals surface area contributed by atoms with E-state index in [1.807, 2.05) is 12.1 Å². The van der Waals surface area contributed by atoms with Crippen LogP contribution in [0.4, 0.5) is 0 Å². The van der Waals surface area contributed by atoms with Crippen molar-refractivity contribution in [2.75, 3.05) is 27.2 Å². The van der Waals surface area contributed by atoms with E-state index < -0.39 is 5.91 Å². The van der Waals surface area contributed by atoms with Gasteiger partial charge in [-0.2, -0.15) is 0 Å². The molecule has 2 N–H and O–H groups in total. The molecular weight excluding hydrogens is 266 g/mol. The summed E-state index contributed by atoms with van der Waals surface area (Å²) in [5.74, 6) is 0.340. The highest BCUT2D eigenvalue weighted by Crippen LogP contribution is 2.50. The maximum absolute atomic E-state index is 11.4. The van der Waals surface area contributed by atoms with Crippen LogP contribution in [0.1, 0.15) is 35.4 Å². The first-order valence-electron chi connectivity index (χ1n) is 7.59. The van der Waals surface area contributed by atoms with Crippen LogP contribution in [-0.2, 0) is 10.3 Å². The lowest BCUT2D eigenvalue weighted by atomic mass is 9.63. The molecule has 1 aliphatic heterocycles. The largest absolute Gasteiger partial charge is 0.371 e. The molecule has 2 fully saturated rings. The van der Waals surface area contributed by atoms with Crippen molar-refractivity contribution < 1.29 is 9.53 Å². The number of hydrogen-bond acceptors (Lipinski definition) is 4. The molecule has 1 amide bonds.